The number of rotatable bonds is 4. The fourth-order valence-corrected chi connectivity index (χ4v) is 5.76. The van der Waals surface area contributed by atoms with Crippen molar-refractivity contribution in [2.24, 2.45) is 0 Å². The molecule has 1 aromatic heterocycles. The molecule has 29 heavy (non-hydrogen) atoms. The van der Waals surface area contributed by atoms with Gasteiger partial charge in [0.05, 0.1) is 11.2 Å². The quantitative estimate of drug-likeness (QED) is 0.717. The summed E-state index contributed by atoms with van der Waals surface area (Å²) in [6.07, 6.45) is 4.63. The van der Waals surface area contributed by atoms with Crippen molar-refractivity contribution in [1.82, 2.24) is 9.21 Å². The second kappa shape index (κ2) is 8.16. The van der Waals surface area contributed by atoms with E-state index in [9.17, 15) is 13.2 Å². The summed E-state index contributed by atoms with van der Waals surface area (Å²) in [5.41, 5.74) is 4.79. The highest BCUT2D eigenvalue weighted by atomic mass is 32.2. The largest absolute Gasteiger partial charge is 0.465 e. The molecule has 0 N–H and O–H groups in total. The molecule has 0 spiro atoms. The number of hydrogen-bond acceptors (Lipinski definition) is 4. The Labute approximate surface area is 172 Å². The average Bonchev–Trinajstić information content (AvgIpc) is 3.22. The second-order valence-electron chi connectivity index (χ2n) is 7.53. The Morgan fingerprint density at radius 2 is 1.48 bits per heavy atom. The number of benzene rings is 1. The van der Waals surface area contributed by atoms with Crippen molar-refractivity contribution in [1.29, 1.82) is 0 Å². The molecule has 3 rings (SSSR count). The minimum atomic E-state index is -3.62. The van der Waals surface area contributed by atoms with Crippen LogP contribution in [0.2, 0.25) is 0 Å². The van der Waals surface area contributed by atoms with Crippen LogP contribution in [0, 0.1) is 34.6 Å². The van der Waals surface area contributed by atoms with E-state index in [-0.39, 0.29) is 19.0 Å². The third kappa shape index (κ3) is 4.02. The van der Waals surface area contributed by atoms with Crippen molar-refractivity contribution in [3.05, 3.63) is 58.0 Å². The molecular formula is C22H28N2O4S. The molecule has 0 unspecified atom stereocenters. The van der Waals surface area contributed by atoms with Gasteiger partial charge >= 0.3 is 0 Å². The summed E-state index contributed by atoms with van der Waals surface area (Å²) in [7, 11) is -3.62. The number of nitrogens with zero attached hydrogens (tertiary/aromatic N) is 2. The van der Waals surface area contributed by atoms with E-state index in [2.05, 4.69) is 0 Å². The van der Waals surface area contributed by atoms with Crippen molar-refractivity contribution in [3.63, 3.8) is 0 Å². The van der Waals surface area contributed by atoms with Crippen LogP contribution in [-0.4, -0.2) is 49.7 Å². The number of carbonyl (C=O) groups is 1. The number of furan rings is 1. The van der Waals surface area contributed by atoms with Crippen LogP contribution in [0.4, 0.5) is 0 Å². The normalized spacial score (nSPS) is 16.0. The summed E-state index contributed by atoms with van der Waals surface area (Å²) < 4.78 is 33.5. The fourth-order valence-electron chi connectivity index (χ4n) is 3.78. The van der Waals surface area contributed by atoms with E-state index >= 15 is 0 Å². The lowest BCUT2D eigenvalue weighted by atomic mass is 9.95. The SMILES string of the molecule is Cc1c(C)c(C)c(S(=O)(=O)N2CCN(C(=O)/C=C/c3ccco3)CC2)c(C)c1C. The summed E-state index contributed by atoms with van der Waals surface area (Å²) in [5, 5.41) is 0. The molecule has 1 aromatic carbocycles. The summed E-state index contributed by atoms with van der Waals surface area (Å²) >= 11 is 0. The predicted molar refractivity (Wildman–Crippen MR) is 113 cm³/mol. The van der Waals surface area contributed by atoms with Gasteiger partial charge in [0.15, 0.2) is 0 Å². The molecule has 7 heteroatoms. The predicted octanol–water partition coefficient (Wildman–Crippen LogP) is 3.37. The van der Waals surface area contributed by atoms with Crippen LogP contribution < -0.4 is 0 Å². The van der Waals surface area contributed by atoms with Gasteiger partial charge < -0.3 is 9.32 Å². The molecule has 0 bridgehead atoms. The number of amides is 1. The standard InChI is InChI=1S/C22H28N2O4S/c1-15-16(2)18(4)22(19(5)17(15)3)29(26,27)24-12-10-23(11-13-24)21(25)9-8-20-7-6-14-28-20/h6-9,14H,10-13H2,1-5H3/b9-8+. The molecule has 2 heterocycles. The highest BCUT2D eigenvalue weighted by Crippen LogP contribution is 2.31. The van der Waals surface area contributed by atoms with Gasteiger partial charge in [0.25, 0.3) is 0 Å². The first-order valence-electron chi connectivity index (χ1n) is 9.72. The minimum absolute atomic E-state index is 0.146. The van der Waals surface area contributed by atoms with Gasteiger partial charge in [-0.05, 0) is 80.6 Å². The van der Waals surface area contributed by atoms with Crippen molar-refractivity contribution in [3.8, 4) is 0 Å². The molecule has 0 saturated carbocycles. The van der Waals surface area contributed by atoms with Gasteiger partial charge in [-0.3, -0.25) is 4.79 Å². The van der Waals surface area contributed by atoms with Crippen LogP contribution in [0.5, 0.6) is 0 Å². The van der Waals surface area contributed by atoms with Gasteiger partial charge in [0, 0.05) is 32.3 Å². The van der Waals surface area contributed by atoms with Crippen molar-refractivity contribution in [2.75, 3.05) is 26.2 Å². The van der Waals surface area contributed by atoms with Crippen LogP contribution in [-0.2, 0) is 14.8 Å². The van der Waals surface area contributed by atoms with E-state index in [1.807, 2.05) is 34.6 Å². The van der Waals surface area contributed by atoms with Crippen molar-refractivity contribution in [2.45, 2.75) is 39.5 Å². The van der Waals surface area contributed by atoms with E-state index < -0.39 is 10.0 Å². The zero-order chi connectivity index (χ0) is 21.3. The Morgan fingerprint density at radius 1 is 0.931 bits per heavy atom. The molecular weight excluding hydrogens is 388 g/mol. The number of hydrogen-bond donors (Lipinski definition) is 0. The van der Waals surface area contributed by atoms with Gasteiger partial charge in [-0.25, -0.2) is 8.42 Å². The minimum Gasteiger partial charge on any atom is -0.465 e. The van der Waals surface area contributed by atoms with Crippen LogP contribution >= 0.6 is 0 Å². The first-order valence-corrected chi connectivity index (χ1v) is 11.2. The van der Waals surface area contributed by atoms with E-state index in [1.54, 1.807) is 29.4 Å². The number of carbonyl (C=O) groups excluding carboxylic acids is 1. The van der Waals surface area contributed by atoms with Gasteiger partial charge in [-0.1, -0.05) is 0 Å². The summed E-state index contributed by atoms with van der Waals surface area (Å²) in [6.45, 7) is 11.0. The first-order chi connectivity index (χ1) is 13.6. The lowest BCUT2D eigenvalue weighted by Crippen LogP contribution is -2.50. The maximum atomic E-state index is 13.4. The van der Waals surface area contributed by atoms with E-state index in [4.69, 9.17) is 4.42 Å². The summed E-state index contributed by atoms with van der Waals surface area (Å²) in [6, 6.07) is 3.52. The molecule has 6 nitrogen and oxygen atoms in total. The molecule has 156 valence electrons. The lowest BCUT2D eigenvalue weighted by molar-refractivity contribution is -0.127. The van der Waals surface area contributed by atoms with Crippen molar-refractivity contribution >= 4 is 22.0 Å². The zero-order valence-corrected chi connectivity index (χ0v) is 18.5. The third-order valence-corrected chi connectivity index (χ3v) is 8.19. The summed E-state index contributed by atoms with van der Waals surface area (Å²) in [5.74, 6) is 0.462. The smallest absolute Gasteiger partial charge is 0.246 e. The molecule has 1 amide bonds. The number of sulfonamides is 1. The highest BCUT2D eigenvalue weighted by molar-refractivity contribution is 7.89. The molecule has 0 radical (unpaired) electrons. The second-order valence-corrected chi connectivity index (χ2v) is 9.41. The molecule has 0 atom stereocenters. The Morgan fingerprint density at radius 3 is 2.00 bits per heavy atom. The van der Waals surface area contributed by atoms with Crippen LogP contribution in [0.3, 0.4) is 0 Å². The lowest BCUT2D eigenvalue weighted by Gasteiger charge is -2.34. The average molecular weight is 417 g/mol. The molecule has 1 aliphatic heterocycles. The molecule has 0 aliphatic carbocycles. The first kappa shape index (κ1) is 21.3. The van der Waals surface area contributed by atoms with Crippen LogP contribution in [0.15, 0.2) is 33.8 Å². The van der Waals surface area contributed by atoms with Gasteiger partial charge in [0.1, 0.15) is 5.76 Å². The van der Waals surface area contributed by atoms with Gasteiger partial charge in [0.2, 0.25) is 15.9 Å². The summed E-state index contributed by atoms with van der Waals surface area (Å²) in [4.78, 5) is 14.5. The maximum absolute atomic E-state index is 13.4. The zero-order valence-electron chi connectivity index (χ0n) is 17.7. The highest BCUT2D eigenvalue weighted by Gasteiger charge is 2.33. The van der Waals surface area contributed by atoms with E-state index in [1.165, 1.54) is 10.4 Å². The maximum Gasteiger partial charge on any atom is 0.246 e. The van der Waals surface area contributed by atoms with Gasteiger partial charge in [-0.15, -0.1) is 0 Å². The Balaban J connectivity index is 1.76. The van der Waals surface area contributed by atoms with Crippen LogP contribution in [0.1, 0.15) is 33.6 Å². The van der Waals surface area contributed by atoms with Crippen molar-refractivity contribution < 1.29 is 17.6 Å². The van der Waals surface area contributed by atoms with E-state index in [0.717, 1.165) is 27.8 Å². The monoisotopic (exact) mass is 416 g/mol. The molecule has 1 aliphatic rings. The topological polar surface area (TPSA) is 70.8 Å². The van der Waals surface area contributed by atoms with Crippen LogP contribution in [0.25, 0.3) is 6.08 Å². The van der Waals surface area contributed by atoms with E-state index in [0.29, 0.717) is 23.7 Å². The Hall–Kier alpha value is -2.38. The molecule has 2 aromatic rings. The number of piperazine rings is 1. The van der Waals surface area contributed by atoms with Gasteiger partial charge in [-0.2, -0.15) is 4.31 Å². The fraction of sp³-hybridized carbons (Fsp3) is 0.409. The molecule has 1 saturated heterocycles. The Kier molecular flexibility index (Phi) is 6.00. The molecule has 1 fully saturated rings. The Bertz CT molecular complexity index is 1020. The third-order valence-electron chi connectivity index (χ3n) is 6.01.